The number of amides is 2. The summed E-state index contributed by atoms with van der Waals surface area (Å²) in [6, 6.07) is -0.0494. The highest BCUT2D eigenvalue weighted by molar-refractivity contribution is 5.74. The highest BCUT2D eigenvalue weighted by Gasteiger charge is 2.20. The molecule has 2 N–H and O–H groups in total. The molecule has 0 unspecified atom stereocenters. The van der Waals surface area contributed by atoms with E-state index < -0.39 is 5.97 Å². The van der Waals surface area contributed by atoms with E-state index in [9.17, 15) is 9.59 Å². The van der Waals surface area contributed by atoms with Crippen molar-refractivity contribution in [2.75, 3.05) is 19.6 Å². The Morgan fingerprint density at radius 3 is 2.39 bits per heavy atom. The van der Waals surface area contributed by atoms with Crippen LogP contribution in [0.3, 0.4) is 0 Å². The Labute approximate surface area is 109 Å². The first-order valence-corrected chi connectivity index (χ1v) is 6.73. The molecule has 0 aromatic heterocycles. The van der Waals surface area contributed by atoms with Crippen LogP contribution in [0.2, 0.25) is 0 Å². The summed E-state index contributed by atoms with van der Waals surface area (Å²) >= 11 is 0. The van der Waals surface area contributed by atoms with Gasteiger partial charge >= 0.3 is 12.0 Å². The van der Waals surface area contributed by atoms with Gasteiger partial charge in [-0.25, -0.2) is 4.79 Å². The molecule has 2 amide bonds. The number of likely N-dealkylation sites (tertiary alicyclic amines) is 1. The van der Waals surface area contributed by atoms with Crippen LogP contribution in [0.25, 0.3) is 0 Å². The molecule has 0 aromatic carbocycles. The Hall–Kier alpha value is -1.26. The first-order valence-electron chi connectivity index (χ1n) is 6.73. The molecular weight excluding hydrogens is 232 g/mol. The Morgan fingerprint density at radius 2 is 1.89 bits per heavy atom. The van der Waals surface area contributed by atoms with Gasteiger partial charge in [0.2, 0.25) is 0 Å². The standard InChI is InChI=1S/C13H24N2O3/c1-10(2)7-11(8-12(16)17)9-14-13(18)15-5-3-4-6-15/h10-11H,3-9H2,1-2H3,(H,14,18)(H,16,17)/t11-/m0/s1. The minimum atomic E-state index is -0.795. The quantitative estimate of drug-likeness (QED) is 0.763. The minimum absolute atomic E-state index is 0.0223. The molecule has 1 saturated heterocycles. The SMILES string of the molecule is CC(C)C[C@H](CNC(=O)N1CCCC1)CC(=O)O. The number of carboxylic acid groups (broad SMARTS) is 1. The Morgan fingerprint density at radius 1 is 1.28 bits per heavy atom. The van der Waals surface area contributed by atoms with E-state index in [0.717, 1.165) is 32.4 Å². The van der Waals surface area contributed by atoms with Crippen molar-refractivity contribution in [3.63, 3.8) is 0 Å². The van der Waals surface area contributed by atoms with Gasteiger partial charge in [0, 0.05) is 26.1 Å². The average molecular weight is 256 g/mol. The molecule has 18 heavy (non-hydrogen) atoms. The van der Waals surface area contributed by atoms with E-state index in [1.165, 1.54) is 0 Å². The van der Waals surface area contributed by atoms with Crippen LogP contribution in [0.15, 0.2) is 0 Å². The van der Waals surface area contributed by atoms with Crippen LogP contribution in [-0.2, 0) is 4.79 Å². The van der Waals surface area contributed by atoms with Crippen LogP contribution in [0.1, 0.15) is 39.5 Å². The second kappa shape index (κ2) is 7.24. The number of nitrogens with one attached hydrogen (secondary N) is 1. The van der Waals surface area contributed by atoms with E-state index in [0.29, 0.717) is 12.5 Å². The second-order valence-corrected chi connectivity index (χ2v) is 5.47. The summed E-state index contributed by atoms with van der Waals surface area (Å²) < 4.78 is 0. The maximum absolute atomic E-state index is 11.8. The summed E-state index contributed by atoms with van der Waals surface area (Å²) in [5, 5.41) is 11.7. The second-order valence-electron chi connectivity index (χ2n) is 5.47. The molecule has 1 fully saturated rings. The summed E-state index contributed by atoms with van der Waals surface area (Å²) in [6.45, 7) is 6.23. The number of hydrogen-bond donors (Lipinski definition) is 2. The Bertz CT molecular complexity index is 286. The van der Waals surface area contributed by atoms with E-state index >= 15 is 0 Å². The lowest BCUT2D eigenvalue weighted by atomic mass is 9.94. The third kappa shape index (κ3) is 5.38. The van der Waals surface area contributed by atoms with Crippen LogP contribution in [0.4, 0.5) is 4.79 Å². The number of carbonyl (C=O) groups excluding carboxylic acids is 1. The van der Waals surface area contributed by atoms with E-state index in [4.69, 9.17) is 5.11 Å². The van der Waals surface area contributed by atoms with Crippen molar-refractivity contribution >= 4 is 12.0 Å². The fourth-order valence-corrected chi connectivity index (χ4v) is 2.42. The fraction of sp³-hybridized carbons (Fsp3) is 0.846. The average Bonchev–Trinajstić information content (AvgIpc) is 2.77. The lowest BCUT2D eigenvalue weighted by molar-refractivity contribution is -0.138. The molecule has 1 aliphatic heterocycles. The van der Waals surface area contributed by atoms with Crippen molar-refractivity contribution in [3.8, 4) is 0 Å². The number of nitrogens with zero attached hydrogens (tertiary/aromatic N) is 1. The number of carbonyl (C=O) groups is 2. The van der Waals surface area contributed by atoms with Gasteiger partial charge < -0.3 is 15.3 Å². The highest BCUT2D eigenvalue weighted by atomic mass is 16.4. The van der Waals surface area contributed by atoms with Crippen LogP contribution >= 0.6 is 0 Å². The lowest BCUT2D eigenvalue weighted by Gasteiger charge is -2.21. The van der Waals surface area contributed by atoms with Crippen molar-refractivity contribution in [3.05, 3.63) is 0 Å². The molecule has 0 aliphatic carbocycles. The number of aliphatic carboxylic acids is 1. The van der Waals surface area contributed by atoms with Crippen LogP contribution in [-0.4, -0.2) is 41.6 Å². The van der Waals surface area contributed by atoms with E-state index in [2.05, 4.69) is 19.2 Å². The van der Waals surface area contributed by atoms with Gasteiger partial charge in [-0.05, 0) is 31.1 Å². The van der Waals surface area contributed by atoms with Crippen LogP contribution < -0.4 is 5.32 Å². The zero-order valence-corrected chi connectivity index (χ0v) is 11.3. The number of carboxylic acids is 1. The van der Waals surface area contributed by atoms with Crippen molar-refractivity contribution in [1.29, 1.82) is 0 Å². The monoisotopic (exact) mass is 256 g/mol. The van der Waals surface area contributed by atoms with Gasteiger partial charge in [-0.1, -0.05) is 13.8 Å². The van der Waals surface area contributed by atoms with Crippen LogP contribution in [0.5, 0.6) is 0 Å². The zero-order valence-electron chi connectivity index (χ0n) is 11.3. The molecule has 5 heteroatoms. The zero-order chi connectivity index (χ0) is 13.5. The minimum Gasteiger partial charge on any atom is -0.481 e. The topological polar surface area (TPSA) is 69.6 Å². The van der Waals surface area contributed by atoms with Gasteiger partial charge in [-0.3, -0.25) is 4.79 Å². The summed E-state index contributed by atoms with van der Waals surface area (Å²) in [7, 11) is 0. The fourth-order valence-electron chi connectivity index (χ4n) is 2.42. The number of hydrogen-bond acceptors (Lipinski definition) is 2. The summed E-state index contributed by atoms with van der Waals surface area (Å²) in [5.41, 5.74) is 0. The van der Waals surface area contributed by atoms with Gasteiger partial charge in [0.25, 0.3) is 0 Å². The normalized spacial score (nSPS) is 16.9. The third-order valence-electron chi connectivity index (χ3n) is 3.20. The van der Waals surface area contributed by atoms with E-state index in [1.807, 2.05) is 0 Å². The molecule has 0 aromatic rings. The molecule has 0 spiro atoms. The molecule has 1 rings (SSSR count). The first-order chi connectivity index (χ1) is 8.49. The predicted octanol–water partition coefficient (Wildman–Crippen LogP) is 1.93. The van der Waals surface area contributed by atoms with Crippen molar-refractivity contribution < 1.29 is 14.7 Å². The maximum Gasteiger partial charge on any atom is 0.317 e. The van der Waals surface area contributed by atoms with Gasteiger partial charge in [0.1, 0.15) is 0 Å². The predicted molar refractivity (Wildman–Crippen MR) is 69.4 cm³/mol. The van der Waals surface area contributed by atoms with Crippen molar-refractivity contribution in [2.24, 2.45) is 11.8 Å². The number of rotatable bonds is 6. The molecular formula is C13H24N2O3. The maximum atomic E-state index is 11.8. The summed E-state index contributed by atoms with van der Waals surface area (Å²) in [6.07, 6.45) is 3.08. The third-order valence-corrected chi connectivity index (χ3v) is 3.20. The van der Waals surface area contributed by atoms with Crippen molar-refractivity contribution in [1.82, 2.24) is 10.2 Å². The van der Waals surface area contributed by atoms with Gasteiger partial charge in [-0.2, -0.15) is 0 Å². The Balaban J connectivity index is 2.35. The van der Waals surface area contributed by atoms with Gasteiger partial charge in [0.15, 0.2) is 0 Å². The van der Waals surface area contributed by atoms with Gasteiger partial charge in [-0.15, -0.1) is 0 Å². The molecule has 0 saturated carbocycles. The molecule has 1 atom stereocenters. The molecule has 1 aliphatic rings. The Kier molecular flexibility index (Phi) is 5.95. The lowest BCUT2D eigenvalue weighted by Crippen LogP contribution is -2.40. The van der Waals surface area contributed by atoms with Gasteiger partial charge in [0.05, 0.1) is 0 Å². The highest BCUT2D eigenvalue weighted by Crippen LogP contribution is 2.15. The molecule has 0 bridgehead atoms. The van der Waals surface area contributed by atoms with Crippen LogP contribution in [0, 0.1) is 11.8 Å². The summed E-state index contributed by atoms with van der Waals surface area (Å²) in [4.78, 5) is 24.4. The smallest absolute Gasteiger partial charge is 0.317 e. The summed E-state index contributed by atoms with van der Waals surface area (Å²) in [5.74, 6) is -0.330. The molecule has 0 radical (unpaired) electrons. The first kappa shape index (κ1) is 14.8. The van der Waals surface area contributed by atoms with E-state index in [1.54, 1.807) is 4.90 Å². The van der Waals surface area contributed by atoms with E-state index in [-0.39, 0.29) is 18.4 Å². The molecule has 1 heterocycles. The molecule has 5 nitrogen and oxygen atoms in total. The number of urea groups is 1. The molecule has 104 valence electrons. The van der Waals surface area contributed by atoms with Crippen molar-refractivity contribution in [2.45, 2.75) is 39.5 Å². The largest absolute Gasteiger partial charge is 0.481 e.